The molecule has 8 heteroatoms. The summed E-state index contributed by atoms with van der Waals surface area (Å²) in [4.78, 5) is 2.49. The predicted octanol–water partition coefficient (Wildman–Crippen LogP) is 2.10. The average molecular weight is 403 g/mol. The molecule has 4 rings (SSSR count). The number of benzene rings is 1. The quantitative estimate of drug-likeness (QED) is 0.780. The summed E-state index contributed by atoms with van der Waals surface area (Å²) in [5.74, 6) is 1.56. The molecule has 1 aromatic heterocycles. The molecule has 1 aliphatic heterocycles. The molecule has 150 valence electrons. The molecule has 0 amide bonds. The van der Waals surface area contributed by atoms with E-state index >= 15 is 0 Å². The second kappa shape index (κ2) is 7.33. The highest BCUT2D eigenvalue weighted by molar-refractivity contribution is 7.89. The second-order valence-corrected chi connectivity index (χ2v) is 9.41. The van der Waals surface area contributed by atoms with Crippen molar-refractivity contribution in [2.24, 2.45) is 0 Å². The Bertz CT molecular complexity index is 999. The Morgan fingerprint density at radius 3 is 2.43 bits per heavy atom. The average Bonchev–Trinajstić information content (AvgIpc) is 3.17. The lowest BCUT2D eigenvalue weighted by Crippen LogP contribution is -2.49. The van der Waals surface area contributed by atoms with Gasteiger partial charge in [0.2, 0.25) is 10.0 Å². The fourth-order valence-electron chi connectivity index (χ4n) is 4.03. The van der Waals surface area contributed by atoms with Gasteiger partial charge in [-0.3, -0.25) is 0 Å². The molecule has 0 N–H and O–H groups in total. The van der Waals surface area contributed by atoms with Crippen molar-refractivity contribution in [1.82, 2.24) is 14.5 Å². The summed E-state index contributed by atoms with van der Waals surface area (Å²) in [7, 11) is -1.95. The summed E-state index contributed by atoms with van der Waals surface area (Å²) in [6, 6.07) is 5.62. The number of fused-ring (bicyclic) bond motifs is 1. The van der Waals surface area contributed by atoms with E-state index in [0.717, 1.165) is 36.3 Å². The van der Waals surface area contributed by atoms with E-state index in [1.54, 1.807) is 23.5 Å². The van der Waals surface area contributed by atoms with E-state index in [9.17, 15) is 8.42 Å². The number of aromatic nitrogens is 2. The minimum Gasteiger partial charge on any atom is -0.496 e. The van der Waals surface area contributed by atoms with Crippen LogP contribution in [-0.2, 0) is 22.9 Å². The topological polar surface area (TPSA) is 75.6 Å². The third-order valence-corrected chi connectivity index (χ3v) is 7.72. The summed E-state index contributed by atoms with van der Waals surface area (Å²) in [6.07, 6.45) is 3.21. The van der Waals surface area contributed by atoms with Crippen molar-refractivity contribution in [2.75, 3.05) is 38.2 Å². The molecule has 0 atom stereocenters. The normalized spacial score (nSPS) is 17.6. The van der Waals surface area contributed by atoms with Crippen LogP contribution < -0.4 is 9.64 Å². The van der Waals surface area contributed by atoms with Crippen LogP contribution in [0, 0.1) is 13.8 Å². The molecule has 1 aromatic carbocycles. The molecule has 2 heterocycles. The molecule has 2 aromatic rings. The second-order valence-electron chi connectivity index (χ2n) is 7.51. The van der Waals surface area contributed by atoms with Gasteiger partial charge in [-0.15, -0.1) is 5.10 Å². The molecule has 0 saturated carbocycles. The number of hydrogen-bond acceptors (Lipinski definition) is 6. The molecule has 2 aliphatic rings. The Balaban J connectivity index is 1.51. The van der Waals surface area contributed by atoms with Crippen LogP contribution in [0.3, 0.4) is 0 Å². The molecule has 28 heavy (non-hydrogen) atoms. The fraction of sp³-hybridized carbons (Fsp3) is 0.500. The zero-order valence-corrected chi connectivity index (χ0v) is 17.4. The zero-order chi connectivity index (χ0) is 19.9. The maximum atomic E-state index is 13.2. The Kier molecular flexibility index (Phi) is 5.01. The van der Waals surface area contributed by atoms with Crippen LogP contribution >= 0.6 is 0 Å². The van der Waals surface area contributed by atoms with E-state index < -0.39 is 10.0 Å². The fourth-order valence-corrected chi connectivity index (χ4v) is 5.74. The third-order valence-electron chi connectivity index (χ3n) is 5.68. The van der Waals surface area contributed by atoms with E-state index in [2.05, 4.69) is 21.2 Å². The van der Waals surface area contributed by atoms with Crippen LogP contribution in [0.4, 0.5) is 5.82 Å². The highest BCUT2D eigenvalue weighted by atomic mass is 32.2. The van der Waals surface area contributed by atoms with Crippen LogP contribution in [-0.4, -0.2) is 56.2 Å². The lowest BCUT2D eigenvalue weighted by Gasteiger charge is -2.34. The number of aryl methyl sites for hydroxylation is 4. The molecule has 0 bridgehead atoms. The molecule has 7 nitrogen and oxygen atoms in total. The number of piperazine rings is 1. The van der Waals surface area contributed by atoms with Crippen LogP contribution in [0.15, 0.2) is 23.1 Å². The highest BCUT2D eigenvalue weighted by Gasteiger charge is 2.31. The van der Waals surface area contributed by atoms with E-state index in [1.807, 2.05) is 13.8 Å². The SMILES string of the molecule is COc1cc(C)c(S(=O)(=O)N2CCN(c3cc4c(nn3)CCC4)CC2)cc1C. The largest absolute Gasteiger partial charge is 0.496 e. The summed E-state index contributed by atoms with van der Waals surface area (Å²) < 4.78 is 33.3. The number of hydrogen-bond donors (Lipinski definition) is 0. The van der Waals surface area contributed by atoms with Gasteiger partial charge in [0.05, 0.1) is 17.7 Å². The molecular weight excluding hydrogens is 376 g/mol. The van der Waals surface area contributed by atoms with Crippen molar-refractivity contribution < 1.29 is 13.2 Å². The molecule has 0 unspecified atom stereocenters. The van der Waals surface area contributed by atoms with Gasteiger partial charge in [0.25, 0.3) is 0 Å². The van der Waals surface area contributed by atoms with Gasteiger partial charge in [0, 0.05) is 26.2 Å². The summed E-state index contributed by atoms with van der Waals surface area (Å²) in [5.41, 5.74) is 3.91. The zero-order valence-electron chi connectivity index (χ0n) is 16.6. The van der Waals surface area contributed by atoms with Gasteiger partial charge >= 0.3 is 0 Å². The van der Waals surface area contributed by atoms with Crippen molar-refractivity contribution in [3.05, 3.63) is 40.6 Å². The van der Waals surface area contributed by atoms with Crippen LogP contribution in [0.2, 0.25) is 0 Å². The van der Waals surface area contributed by atoms with Gasteiger partial charge in [0.15, 0.2) is 5.82 Å². The van der Waals surface area contributed by atoms with Gasteiger partial charge in [-0.25, -0.2) is 8.42 Å². The summed E-state index contributed by atoms with van der Waals surface area (Å²) in [5, 5.41) is 8.71. The minimum atomic E-state index is -3.54. The lowest BCUT2D eigenvalue weighted by atomic mass is 10.1. The van der Waals surface area contributed by atoms with Crippen molar-refractivity contribution >= 4 is 15.8 Å². The van der Waals surface area contributed by atoms with Gasteiger partial charge in [-0.1, -0.05) is 0 Å². The molecule has 0 radical (unpaired) electrons. The minimum absolute atomic E-state index is 0.358. The van der Waals surface area contributed by atoms with Crippen molar-refractivity contribution in [2.45, 2.75) is 38.0 Å². The number of methoxy groups -OCH3 is 1. The lowest BCUT2D eigenvalue weighted by molar-refractivity contribution is 0.382. The van der Waals surface area contributed by atoms with Gasteiger partial charge in [0.1, 0.15) is 5.75 Å². The van der Waals surface area contributed by atoms with Gasteiger partial charge in [-0.05, 0) is 68.0 Å². The summed E-state index contributed by atoms with van der Waals surface area (Å²) in [6.45, 7) is 5.77. The molecule has 1 fully saturated rings. The first kappa shape index (κ1) is 19.1. The Morgan fingerprint density at radius 2 is 1.71 bits per heavy atom. The molecule has 1 saturated heterocycles. The van der Waals surface area contributed by atoms with Gasteiger partial charge < -0.3 is 9.64 Å². The first-order valence-corrected chi connectivity index (χ1v) is 11.1. The monoisotopic (exact) mass is 402 g/mol. The standard InChI is InChI=1S/C20H26N4O3S/c1-14-12-19(15(2)11-18(14)27-3)28(25,26)24-9-7-23(8-10-24)20-13-16-5-4-6-17(16)21-22-20/h11-13H,4-10H2,1-3H3. The number of sulfonamides is 1. The van der Waals surface area contributed by atoms with Crippen molar-refractivity contribution in [3.63, 3.8) is 0 Å². The number of ether oxygens (including phenoxy) is 1. The first-order valence-electron chi connectivity index (χ1n) is 9.66. The van der Waals surface area contributed by atoms with E-state index in [4.69, 9.17) is 4.74 Å². The smallest absolute Gasteiger partial charge is 0.243 e. The molecule has 0 spiro atoms. The van der Waals surface area contributed by atoms with E-state index in [0.29, 0.717) is 42.4 Å². The Hall–Kier alpha value is -2.19. The van der Waals surface area contributed by atoms with E-state index in [-0.39, 0.29) is 0 Å². The van der Waals surface area contributed by atoms with Crippen molar-refractivity contribution in [3.8, 4) is 5.75 Å². The van der Waals surface area contributed by atoms with Crippen LogP contribution in [0.1, 0.15) is 28.8 Å². The van der Waals surface area contributed by atoms with Crippen LogP contribution in [0.5, 0.6) is 5.75 Å². The summed E-state index contributed by atoms with van der Waals surface area (Å²) >= 11 is 0. The molecule has 1 aliphatic carbocycles. The van der Waals surface area contributed by atoms with E-state index in [1.165, 1.54) is 5.56 Å². The maximum Gasteiger partial charge on any atom is 0.243 e. The first-order chi connectivity index (χ1) is 13.4. The Labute approximate surface area is 166 Å². The number of rotatable bonds is 4. The number of anilines is 1. The van der Waals surface area contributed by atoms with Crippen LogP contribution in [0.25, 0.3) is 0 Å². The molecular formula is C20H26N4O3S. The van der Waals surface area contributed by atoms with Crippen molar-refractivity contribution in [1.29, 1.82) is 0 Å². The predicted molar refractivity (Wildman–Crippen MR) is 107 cm³/mol. The maximum absolute atomic E-state index is 13.2. The Morgan fingerprint density at radius 1 is 0.964 bits per heavy atom. The number of nitrogens with zero attached hydrogens (tertiary/aromatic N) is 4. The third kappa shape index (κ3) is 3.35. The van der Waals surface area contributed by atoms with Gasteiger partial charge in [-0.2, -0.15) is 9.40 Å². The highest BCUT2D eigenvalue weighted by Crippen LogP contribution is 2.29.